The number of hydrogen-bond acceptors (Lipinski definition) is 6. The molecule has 4 rings (SSSR count). The molecule has 0 radical (unpaired) electrons. The average molecular weight is 425 g/mol. The number of rotatable bonds is 0. The summed E-state index contributed by atoms with van der Waals surface area (Å²) in [6, 6.07) is 4.09. The number of nitrogens with one attached hydrogen (secondary N) is 3. The molecule has 1 aliphatic heterocycles. The molecular weight excluding hydrogens is 403 g/mol. The van der Waals surface area contributed by atoms with E-state index in [1.807, 2.05) is 0 Å². The summed E-state index contributed by atoms with van der Waals surface area (Å²) in [4.78, 5) is 15.5. The number of hydrogen-bond donors (Lipinski definition) is 3. The molecule has 1 amide bonds. The second-order valence-electron chi connectivity index (χ2n) is 7.43. The smallest absolute Gasteiger partial charge is 0.433 e. The van der Waals surface area contributed by atoms with Gasteiger partial charge in [-0.15, -0.1) is 0 Å². The van der Waals surface area contributed by atoms with Gasteiger partial charge in [0.2, 0.25) is 5.88 Å². The fourth-order valence-corrected chi connectivity index (χ4v) is 3.67. The van der Waals surface area contributed by atoms with Gasteiger partial charge in [0.1, 0.15) is 6.10 Å². The molecule has 2 atom stereocenters. The van der Waals surface area contributed by atoms with Crippen LogP contribution < -0.4 is 15.4 Å². The summed E-state index contributed by atoms with van der Waals surface area (Å²) < 4.78 is 50.6. The largest absolute Gasteiger partial charge is 0.478 e. The van der Waals surface area contributed by atoms with Crippen molar-refractivity contribution in [3.63, 3.8) is 0 Å². The third-order valence-corrected chi connectivity index (χ3v) is 5.15. The number of aromatic amines is 1. The Kier molecular flexibility index (Phi) is 5.69. The zero-order valence-electron chi connectivity index (χ0n) is 16.1. The number of fused-ring (bicyclic) bond motifs is 7. The predicted molar refractivity (Wildman–Crippen MR) is 101 cm³/mol. The maximum Gasteiger partial charge on any atom is 0.433 e. The first kappa shape index (κ1) is 20.3. The molecular formula is C19H22F3N5O3. The van der Waals surface area contributed by atoms with Crippen molar-refractivity contribution in [1.29, 1.82) is 0 Å². The summed E-state index contributed by atoms with van der Waals surface area (Å²) in [5, 5.41) is 12.7. The zero-order chi connectivity index (χ0) is 21.1. The van der Waals surface area contributed by atoms with Crippen LogP contribution in [0.15, 0.2) is 18.2 Å². The van der Waals surface area contributed by atoms with Crippen LogP contribution in [0.2, 0.25) is 0 Å². The standard InChI is InChI=1S/C19H22F3N5O3/c20-19(21,22)15-8-12-9-17(25-15)29-6-2-1-5-23-18(28)30-13-4-3-11(7-13)14-10-16(24-12)27-26-14/h8-11,13H,1-7H2,(H,23,28)(H2,24,26,27)/t11-,13+/m0/s1. The Morgan fingerprint density at radius 3 is 2.83 bits per heavy atom. The molecule has 0 saturated heterocycles. The molecule has 3 N–H and O–H groups in total. The first-order chi connectivity index (χ1) is 14.4. The minimum atomic E-state index is -4.60. The van der Waals surface area contributed by atoms with E-state index < -0.39 is 18.0 Å². The third-order valence-electron chi connectivity index (χ3n) is 5.15. The molecule has 1 fully saturated rings. The highest BCUT2D eigenvalue weighted by molar-refractivity contribution is 5.67. The van der Waals surface area contributed by atoms with Gasteiger partial charge in [-0.3, -0.25) is 5.10 Å². The van der Waals surface area contributed by atoms with Crippen LogP contribution in [0.25, 0.3) is 0 Å². The topological polar surface area (TPSA) is 101 Å². The van der Waals surface area contributed by atoms with E-state index in [1.165, 1.54) is 6.07 Å². The van der Waals surface area contributed by atoms with Crippen LogP contribution in [0.4, 0.5) is 29.5 Å². The molecule has 2 aliphatic rings. The summed E-state index contributed by atoms with van der Waals surface area (Å²) in [5.41, 5.74) is -0.0196. The van der Waals surface area contributed by atoms with Crippen LogP contribution in [-0.4, -0.2) is 40.5 Å². The van der Waals surface area contributed by atoms with Crippen molar-refractivity contribution in [3.05, 3.63) is 29.6 Å². The monoisotopic (exact) mass is 425 g/mol. The van der Waals surface area contributed by atoms with Crippen molar-refractivity contribution in [2.24, 2.45) is 0 Å². The number of halogens is 3. The summed E-state index contributed by atoms with van der Waals surface area (Å²) >= 11 is 0. The molecule has 1 saturated carbocycles. The number of alkyl carbamates (subject to hydrolysis) is 1. The van der Waals surface area contributed by atoms with Crippen molar-refractivity contribution >= 4 is 17.6 Å². The number of pyridine rings is 1. The van der Waals surface area contributed by atoms with Gasteiger partial charge in [-0.25, -0.2) is 9.78 Å². The van der Waals surface area contributed by atoms with Gasteiger partial charge >= 0.3 is 12.3 Å². The van der Waals surface area contributed by atoms with E-state index in [9.17, 15) is 18.0 Å². The van der Waals surface area contributed by atoms with Crippen molar-refractivity contribution in [2.45, 2.75) is 50.3 Å². The molecule has 3 heterocycles. The molecule has 2 aromatic rings. The third kappa shape index (κ3) is 4.95. The number of anilines is 2. The van der Waals surface area contributed by atoms with E-state index in [-0.39, 0.29) is 30.2 Å². The fraction of sp³-hybridized carbons (Fsp3) is 0.526. The van der Waals surface area contributed by atoms with E-state index in [0.717, 1.165) is 24.6 Å². The Balaban J connectivity index is 1.59. The molecule has 6 bridgehead atoms. The lowest BCUT2D eigenvalue weighted by Crippen LogP contribution is -2.29. The quantitative estimate of drug-likeness (QED) is 0.588. The number of carbonyl (C=O) groups is 1. The fourth-order valence-electron chi connectivity index (χ4n) is 3.67. The van der Waals surface area contributed by atoms with E-state index in [2.05, 4.69) is 25.8 Å². The van der Waals surface area contributed by atoms with Gasteiger partial charge in [0.05, 0.1) is 6.61 Å². The van der Waals surface area contributed by atoms with Crippen molar-refractivity contribution in [3.8, 4) is 5.88 Å². The van der Waals surface area contributed by atoms with E-state index in [0.29, 0.717) is 31.6 Å². The number of aromatic nitrogens is 3. The van der Waals surface area contributed by atoms with E-state index >= 15 is 0 Å². The first-order valence-corrected chi connectivity index (χ1v) is 9.86. The van der Waals surface area contributed by atoms with Gasteiger partial charge < -0.3 is 20.1 Å². The number of ether oxygens (including phenoxy) is 2. The minimum Gasteiger partial charge on any atom is -0.478 e. The Labute approximate surface area is 170 Å². The average Bonchev–Trinajstić information content (AvgIpc) is 3.32. The second kappa shape index (κ2) is 8.41. The first-order valence-electron chi connectivity index (χ1n) is 9.86. The highest BCUT2D eigenvalue weighted by atomic mass is 19.4. The normalized spacial score (nSPS) is 22.7. The lowest BCUT2D eigenvalue weighted by atomic mass is 10.0. The minimum absolute atomic E-state index is 0.129. The lowest BCUT2D eigenvalue weighted by Gasteiger charge is -2.14. The lowest BCUT2D eigenvalue weighted by molar-refractivity contribution is -0.141. The van der Waals surface area contributed by atoms with Crippen LogP contribution in [-0.2, 0) is 10.9 Å². The molecule has 0 aromatic carbocycles. The number of amides is 1. The van der Waals surface area contributed by atoms with Crippen LogP contribution >= 0.6 is 0 Å². The molecule has 11 heteroatoms. The summed E-state index contributed by atoms with van der Waals surface area (Å²) in [6.45, 7) is 0.562. The molecule has 2 aromatic heterocycles. The van der Waals surface area contributed by atoms with Gasteiger partial charge in [0.15, 0.2) is 11.5 Å². The predicted octanol–water partition coefficient (Wildman–Crippen LogP) is 4.10. The van der Waals surface area contributed by atoms with Crippen molar-refractivity contribution in [1.82, 2.24) is 20.5 Å². The van der Waals surface area contributed by atoms with Gasteiger partial charge in [-0.2, -0.15) is 18.3 Å². The molecule has 8 nitrogen and oxygen atoms in total. The highest BCUT2D eigenvalue weighted by Crippen LogP contribution is 2.37. The SMILES string of the molecule is O=C1NCCCCOc2cc(cc(C(F)(F)F)n2)Nc2cc([nH]n2)[C@H]2CC[C@H](C2)O1. The summed E-state index contributed by atoms with van der Waals surface area (Å²) in [7, 11) is 0. The number of alkyl halides is 3. The maximum absolute atomic E-state index is 13.2. The Bertz CT molecular complexity index is 902. The number of nitrogens with zero attached hydrogens (tertiary/aromatic N) is 2. The molecule has 0 unspecified atom stereocenters. The zero-order valence-corrected chi connectivity index (χ0v) is 16.1. The Morgan fingerprint density at radius 1 is 1.13 bits per heavy atom. The number of H-pyrrole nitrogens is 1. The van der Waals surface area contributed by atoms with Gasteiger partial charge in [0.25, 0.3) is 0 Å². The molecule has 162 valence electrons. The van der Waals surface area contributed by atoms with Gasteiger partial charge in [-0.1, -0.05) is 0 Å². The van der Waals surface area contributed by atoms with Crippen LogP contribution in [0, 0.1) is 0 Å². The molecule has 0 spiro atoms. The summed E-state index contributed by atoms with van der Waals surface area (Å²) in [5.74, 6) is 0.389. The van der Waals surface area contributed by atoms with E-state index in [1.54, 1.807) is 6.07 Å². The van der Waals surface area contributed by atoms with Crippen molar-refractivity contribution in [2.75, 3.05) is 18.5 Å². The molecule has 30 heavy (non-hydrogen) atoms. The van der Waals surface area contributed by atoms with Crippen LogP contribution in [0.1, 0.15) is 49.4 Å². The van der Waals surface area contributed by atoms with Crippen molar-refractivity contribution < 1.29 is 27.4 Å². The maximum atomic E-state index is 13.2. The highest BCUT2D eigenvalue weighted by Gasteiger charge is 2.34. The second-order valence-corrected chi connectivity index (χ2v) is 7.43. The Morgan fingerprint density at radius 2 is 2.00 bits per heavy atom. The summed E-state index contributed by atoms with van der Waals surface area (Å²) in [6.07, 6.45) is -1.86. The molecule has 1 aliphatic carbocycles. The Hall–Kier alpha value is -2.98. The van der Waals surface area contributed by atoms with Gasteiger partial charge in [-0.05, 0) is 38.2 Å². The van der Waals surface area contributed by atoms with Crippen LogP contribution in [0.3, 0.4) is 0 Å². The van der Waals surface area contributed by atoms with E-state index in [4.69, 9.17) is 9.47 Å². The van der Waals surface area contributed by atoms with Gasteiger partial charge in [0, 0.05) is 36.0 Å². The number of carbonyl (C=O) groups excluding carboxylic acids is 1. The van der Waals surface area contributed by atoms with Crippen LogP contribution in [0.5, 0.6) is 5.88 Å².